The first kappa shape index (κ1) is 16.3. The lowest BCUT2D eigenvalue weighted by atomic mass is 10.2. The van der Waals surface area contributed by atoms with Gasteiger partial charge in [-0.3, -0.25) is 4.72 Å². The quantitative estimate of drug-likeness (QED) is 0.800. The fraction of sp³-hybridized carbons (Fsp3) is 0.0667. The largest absolute Gasteiger partial charge is 0.323 e. The molecule has 2 amide bonds. The molecule has 2 rings (SSSR count). The third-order valence-electron chi connectivity index (χ3n) is 2.72. The van der Waals surface area contributed by atoms with Crippen molar-refractivity contribution in [3.63, 3.8) is 0 Å². The van der Waals surface area contributed by atoms with Gasteiger partial charge in [-0.15, -0.1) is 0 Å². The number of amides is 2. The molecule has 0 atom stereocenters. The lowest BCUT2D eigenvalue weighted by molar-refractivity contribution is 0.262. The van der Waals surface area contributed by atoms with E-state index in [1.54, 1.807) is 48.5 Å². The zero-order valence-electron chi connectivity index (χ0n) is 12.2. The average Bonchev–Trinajstić information content (AvgIpc) is 2.48. The second kappa shape index (κ2) is 6.81. The minimum atomic E-state index is -3.33. The smallest absolute Gasteiger partial charge is 0.308 e. The third kappa shape index (κ3) is 5.33. The van der Waals surface area contributed by atoms with Crippen molar-refractivity contribution >= 4 is 33.1 Å². The zero-order chi connectivity index (χ0) is 16.9. The van der Waals surface area contributed by atoms with Crippen molar-refractivity contribution in [2.45, 2.75) is 0 Å². The van der Waals surface area contributed by atoms with Crippen molar-refractivity contribution < 1.29 is 13.2 Å². The lowest BCUT2D eigenvalue weighted by Crippen LogP contribution is -2.19. The molecule has 2 aromatic carbocycles. The van der Waals surface area contributed by atoms with Crippen molar-refractivity contribution in [2.24, 2.45) is 0 Å². The molecule has 7 nitrogen and oxygen atoms in total. The number of nitrogens with one attached hydrogen (secondary N) is 3. The number of urea groups is 1. The van der Waals surface area contributed by atoms with Crippen LogP contribution >= 0.6 is 0 Å². The molecule has 0 saturated carbocycles. The number of sulfonamides is 1. The molecule has 0 bridgehead atoms. The van der Waals surface area contributed by atoms with Gasteiger partial charge in [0.15, 0.2) is 0 Å². The van der Waals surface area contributed by atoms with Crippen LogP contribution in [-0.2, 0) is 10.0 Å². The van der Waals surface area contributed by atoms with Crippen molar-refractivity contribution in [1.82, 2.24) is 0 Å². The molecule has 0 unspecified atom stereocenters. The van der Waals surface area contributed by atoms with Gasteiger partial charge in [-0.2, -0.15) is 5.26 Å². The number of anilines is 3. The Morgan fingerprint density at radius 1 is 0.913 bits per heavy atom. The Bertz CT molecular complexity index is 838. The maximum Gasteiger partial charge on any atom is 0.323 e. The molecule has 8 heteroatoms. The van der Waals surface area contributed by atoms with Crippen LogP contribution in [0.4, 0.5) is 21.9 Å². The molecule has 0 aliphatic carbocycles. The lowest BCUT2D eigenvalue weighted by Gasteiger charge is -2.09. The van der Waals surface area contributed by atoms with E-state index in [0.29, 0.717) is 22.6 Å². The van der Waals surface area contributed by atoms with Gasteiger partial charge in [0.25, 0.3) is 0 Å². The van der Waals surface area contributed by atoms with Crippen molar-refractivity contribution in [1.29, 1.82) is 5.26 Å². The highest BCUT2D eigenvalue weighted by atomic mass is 32.2. The van der Waals surface area contributed by atoms with E-state index in [1.165, 1.54) is 0 Å². The number of hydrogen-bond acceptors (Lipinski definition) is 4. The Balaban J connectivity index is 1.95. The van der Waals surface area contributed by atoms with Crippen LogP contribution in [0.2, 0.25) is 0 Å². The molecule has 0 heterocycles. The van der Waals surface area contributed by atoms with E-state index >= 15 is 0 Å². The van der Waals surface area contributed by atoms with E-state index in [9.17, 15) is 13.2 Å². The summed E-state index contributed by atoms with van der Waals surface area (Å²) in [6, 6.07) is 14.2. The van der Waals surface area contributed by atoms with Crippen molar-refractivity contribution in [3.05, 3.63) is 54.1 Å². The van der Waals surface area contributed by atoms with Gasteiger partial charge < -0.3 is 10.6 Å². The van der Waals surface area contributed by atoms with Crippen LogP contribution in [0, 0.1) is 11.3 Å². The molecule has 0 aliphatic heterocycles. The van der Waals surface area contributed by atoms with Crippen LogP contribution in [-0.4, -0.2) is 20.7 Å². The molecule has 0 radical (unpaired) electrons. The highest BCUT2D eigenvalue weighted by molar-refractivity contribution is 7.92. The van der Waals surface area contributed by atoms with E-state index in [1.807, 2.05) is 6.07 Å². The maximum absolute atomic E-state index is 11.9. The van der Waals surface area contributed by atoms with Gasteiger partial charge in [-0.25, -0.2) is 13.2 Å². The van der Waals surface area contributed by atoms with Crippen LogP contribution in [0.5, 0.6) is 0 Å². The SMILES string of the molecule is CS(=O)(=O)Nc1ccc(NC(=O)Nc2ccc(C#N)cc2)cc1. The number of benzene rings is 2. The second-order valence-corrected chi connectivity index (χ2v) is 6.47. The number of carbonyl (C=O) groups excluding carboxylic acids is 1. The van der Waals surface area contributed by atoms with Gasteiger partial charge in [-0.1, -0.05) is 0 Å². The van der Waals surface area contributed by atoms with Crippen LogP contribution in [0.15, 0.2) is 48.5 Å². The first-order valence-electron chi connectivity index (χ1n) is 6.52. The Morgan fingerprint density at radius 2 is 1.35 bits per heavy atom. The van der Waals surface area contributed by atoms with Gasteiger partial charge in [-0.05, 0) is 48.5 Å². The molecule has 0 aromatic heterocycles. The number of carbonyl (C=O) groups is 1. The van der Waals surface area contributed by atoms with Crippen molar-refractivity contribution in [2.75, 3.05) is 21.6 Å². The normalized spacial score (nSPS) is 10.4. The molecule has 0 saturated heterocycles. The van der Waals surface area contributed by atoms with E-state index in [4.69, 9.17) is 5.26 Å². The van der Waals surface area contributed by atoms with E-state index in [-0.39, 0.29) is 0 Å². The fourth-order valence-electron chi connectivity index (χ4n) is 1.76. The summed E-state index contributed by atoms with van der Waals surface area (Å²) in [5, 5.41) is 13.9. The standard InChI is InChI=1S/C15H14N4O3S/c1-23(21,22)19-14-8-6-13(7-9-14)18-15(20)17-12-4-2-11(10-16)3-5-12/h2-9,19H,1H3,(H2,17,18,20). The minimum absolute atomic E-state index is 0.408. The number of nitriles is 1. The van der Waals surface area contributed by atoms with E-state index < -0.39 is 16.1 Å². The van der Waals surface area contributed by atoms with Crippen LogP contribution < -0.4 is 15.4 Å². The van der Waals surface area contributed by atoms with Crippen LogP contribution in [0.1, 0.15) is 5.56 Å². The number of nitrogens with zero attached hydrogens (tertiary/aromatic N) is 1. The highest BCUT2D eigenvalue weighted by Gasteiger charge is 2.04. The van der Waals surface area contributed by atoms with Crippen molar-refractivity contribution in [3.8, 4) is 6.07 Å². The predicted octanol–water partition coefficient (Wildman–Crippen LogP) is 2.57. The summed E-state index contributed by atoms with van der Waals surface area (Å²) < 4.78 is 24.5. The van der Waals surface area contributed by atoms with Gasteiger partial charge in [0.1, 0.15) is 0 Å². The average molecular weight is 330 g/mol. The van der Waals surface area contributed by atoms with Gasteiger partial charge in [0.2, 0.25) is 10.0 Å². The Hall–Kier alpha value is -3.05. The minimum Gasteiger partial charge on any atom is -0.308 e. The zero-order valence-corrected chi connectivity index (χ0v) is 13.0. The summed E-state index contributed by atoms with van der Waals surface area (Å²) >= 11 is 0. The monoisotopic (exact) mass is 330 g/mol. The molecule has 0 aliphatic rings. The molecule has 3 N–H and O–H groups in total. The number of hydrogen-bond donors (Lipinski definition) is 3. The molecular formula is C15H14N4O3S. The molecule has 118 valence electrons. The summed E-state index contributed by atoms with van der Waals surface area (Å²) in [5.41, 5.74) is 1.97. The molecule has 2 aromatic rings. The van der Waals surface area contributed by atoms with Gasteiger partial charge in [0.05, 0.1) is 17.9 Å². The van der Waals surface area contributed by atoms with Gasteiger partial charge in [0, 0.05) is 17.1 Å². The maximum atomic E-state index is 11.9. The summed E-state index contributed by atoms with van der Waals surface area (Å²) in [6.45, 7) is 0. The summed E-state index contributed by atoms with van der Waals surface area (Å²) in [7, 11) is -3.33. The molecule has 0 spiro atoms. The topological polar surface area (TPSA) is 111 Å². The molecular weight excluding hydrogens is 316 g/mol. The second-order valence-electron chi connectivity index (χ2n) is 4.72. The molecule has 23 heavy (non-hydrogen) atoms. The van der Waals surface area contributed by atoms with Crippen LogP contribution in [0.3, 0.4) is 0 Å². The molecule has 0 fully saturated rings. The van der Waals surface area contributed by atoms with E-state index in [0.717, 1.165) is 6.26 Å². The van der Waals surface area contributed by atoms with E-state index in [2.05, 4.69) is 15.4 Å². The fourth-order valence-corrected chi connectivity index (χ4v) is 2.32. The summed E-state index contributed by atoms with van der Waals surface area (Å²) in [6.07, 6.45) is 1.06. The Morgan fingerprint density at radius 3 is 1.78 bits per heavy atom. The Kier molecular flexibility index (Phi) is 4.83. The highest BCUT2D eigenvalue weighted by Crippen LogP contribution is 2.15. The Labute approximate surface area is 134 Å². The first-order chi connectivity index (χ1) is 10.9. The number of rotatable bonds is 4. The van der Waals surface area contributed by atoms with Crippen LogP contribution in [0.25, 0.3) is 0 Å². The summed E-state index contributed by atoms with van der Waals surface area (Å²) in [5.74, 6) is 0. The van der Waals surface area contributed by atoms with Gasteiger partial charge >= 0.3 is 6.03 Å². The summed E-state index contributed by atoms with van der Waals surface area (Å²) in [4.78, 5) is 11.9. The first-order valence-corrected chi connectivity index (χ1v) is 8.41. The third-order valence-corrected chi connectivity index (χ3v) is 3.32. The predicted molar refractivity (Wildman–Crippen MR) is 88.7 cm³/mol.